The second kappa shape index (κ2) is 5.27. The molecule has 0 aliphatic heterocycles. The van der Waals surface area contributed by atoms with E-state index in [1.807, 2.05) is 38.1 Å². The predicted octanol–water partition coefficient (Wildman–Crippen LogP) is 2.53. The van der Waals surface area contributed by atoms with E-state index in [-0.39, 0.29) is 6.03 Å². The molecule has 3 nitrogen and oxygen atoms in total. The van der Waals surface area contributed by atoms with Crippen molar-refractivity contribution in [3.8, 4) is 0 Å². The summed E-state index contributed by atoms with van der Waals surface area (Å²) in [5.74, 6) is 0. The highest BCUT2D eigenvalue weighted by Gasteiger charge is 1.98. The molecular weight excluding hydrogens is 176 g/mol. The largest absolute Gasteiger partial charge is 0.338 e. The van der Waals surface area contributed by atoms with E-state index in [0.717, 1.165) is 12.1 Å². The van der Waals surface area contributed by atoms with Crippen LogP contribution >= 0.6 is 0 Å². The fourth-order valence-electron chi connectivity index (χ4n) is 1.05. The summed E-state index contributed by atoms with van der Waals surface area (Å²) in [5.41, 5.74) is 2.01. The minimum Gasteiger partial charge on any atom is -0.338 e. The van der Waals surface area contributed by atoms with Crippen molar-refractivity contribution < 1.29 is 4.79 Å². The lowest BCUT2D eigenvalue weighted by molar-refractivity contribution is 0.252. The summed E-state index contributed by atoms with van der Waals surface area (Å²) in [4.78, 5) is 11.2. The van der Waals surface area contributed by atoms with Crippen molar-refractivity contribution in [2.24, 2.45) is 0 Å². The number of urea groups is 1. The SMILES string of the molecule is CCCNC(=O)Nc1ccc(C)cc1. The lowest BCUT2D eigenvalue weighted by Crippen LogP contribution is -2.29. The summed E-state index contributed by atoms with van der Waals surface area (Å²) < 4.78 is 0. The molecule has 0 saturated heterocycles. The first kappa shape index (κ1) is 10.6. The molecule has 0 unspecified atom stereocenters. The number of anilines is 1. The number of carbonyl (C=O) groups is 1. The molecule has 0 fully saturated rings. The Kier molecular flexibility index (Phi) is 3.98. The van der Waals surface area contributed by atoms with E-state index < -0.39 is 0 Å². The molecule has 14 heavy (non-hydrogen) atoms. The van der Waals surface area contributed by atoms with Gasteiger partial charge in [-0.3, -0.25) is 0 Å². The quantitative estimate of drug-likeness (QED) is 0.759. The Morgan fingerprint density at radius 3 is 2.50 bits per heavy atom. The highest BCUT2D eigenvalue weighted by molar-refractivity contribution is 5.89. The van der Waals surface area contributed by atoms with Crippen LogP contribution in [0.4, 0.5) is 10.5 Å². The standard InChI is InChI=1S/C11H16N2O/c1-3-8-12-11(14)13-10-6-4-9(2)5-7-10/h4-7H,3,8H2,1-2H3,(H2,12,13,14). The normalized spacial score (nSPS) is 9.57. The smallest absolute Gasteiger partial charge is 0.319 e. The predicted molar refractivity (Wildman–Crippen MR) is 58.5 cm³/mol. The first-order chi connectivity index (χ1) is 6.72. The monoisotopic (exact) mass is 192 g/mol. The van der Waals surface area contributed by atoms with Crippen LogP contribution in [0.15, 0.2) is 24.3 Å². The van der Waals surface area contributed by atoms with Crippen LogP contribution in [-0.2, 0) is 0 Å². The zero-order valence-electron chi connectivity index (χ0n) is 8.63. The lowest BCUT2D eigenvalue weighted by Gasteiger charge is -2.06. The minimum atomic E-state index is -0.143. The van der Waals surface area contributed by atoms with E-state index in [2.05, 4.69) is 10.6 Å². The van der Waals surface area contributed by atoms with E-state index in [1.165, 1.54) is 5.56 Å². The average molecular weight is 192 g/mol. The van der Waals surface area contributed by atoms with Gasteiger partial charge in [0.25, 0.3) is 0 Å². The molecular formula is C11H16N2O. The average Bonchev–Trinajstić information content (AvgIpc) is 2.18. The molecule has 0 aromatic heterocycles. The van der Waals surface area contributed by atoms with Crippen molar-refractivity contribution in [1.29, 1.82) is 0 Å². The zero-order chi connectivity index (χ0) is 10.4. The Morgan fingerprint density at radius 2 is 1.93 bits per heavy atom. The number of carbonyl (C=O) groups excluding carboxylic acids is 1. The van der Waals surface area contributed by atoms with Gasteiger partial charge in [0, 0.05) is 12.2 Å². The van der Waals surface area contributed by atoms with Crippen LogP contribution < -0.4 is 10.6 Å². The maximum absolute atomic E-state index is 11.2. The summed E-state index contributed by atoms with van der Waals surface area (Å²) in [6.07, 6.45) is 0.946. The molecule has 0 aliphatic rings. The molecule has 0 aliphatic carbocycles. The summed E-state index contributed by atoms with van der Waals surface area (Å²) in [6.45, 7) is 4.74. The van der Waals surface area contributed by atoms with Crippen LogP contribution in [0.2, 0.25) is 0 Å². The van der Waals surface area contributed by atoms with Crippen molar-refractivity contribution in [2.75, 3.05) is 11.9 Å². The number of hydrogen-bond donors (Lipinski definition) is 2. The molecule has 1 rings (SSSR count). The molecule has 0 atom stereocenters. The van der Waals surface area contributed by atoms with Crippen molar-refractivity contribution in [3.05, 3.63) is 29.8 Å². The van der Waals surface area contributed by atoms with E-state index in [1.54, 1.807) is 0 Å². The van der Waals surface area contributed by atoms with E-state index in [0.29, 0.717) is 6.54 Å². The van der Waals surface area contributed by atoms with Crippen LogP contribution in [0.5, 0.6) is 0 Å². The van der Waals surface area contributed by atoms with Gasteiger partial charge in [-0.15, -0.1) is 0 Å². The van der Waals surface area contributed by atoms with Gasteiger partial charge in [-0.05, 0) is 25.5 Å². The van der Waals surface area contributed by atoms with Crippen LogP contribution in [0.25, 0.3) is 0 Å². The Balaban J connectivity index is 2.44. The summed E-state index contributed by atoms with van der Waals surface area (Å²) >= 11 is 0. The van der Waals surface area contributed by atoms with Gasteiger partial charge < -0.3 is 10.6 Å². The van der Waals surface area contributed by atoms with E-state index in [9.17, 15) is 4.79 Å². The first-order valence-corrected chi connectivity index (χ1v) is 4.84. The zero-order valence-corrected chi connectivity index (χ0v) is 8.63. The lowest BCUT2D eigenvalue weighted by atomic mass is 10.2. The molecule has 0 bridgehead atoms. The third-order valence-electron chi connectivity index (χ3n) is 1.84. The molecule has 0 spiro atoms. The number of aryl methyl sites for hydroxylation is 1. The van der Waals surface area contributed by atoms with Gasteiger partial charge in [-0.25, -0.2) is 4.79 Å². The molecule has 1 aromatic rings. The van der Waals surface area contributed by atoms with Gasteiger partial charge in [0.1, 0.15) is 0 Å². The Bertz CT molecular complexity index is 293. The van der Waals surface area contributed by atoms with Crippen LogP contribution in [-0.4, -0.2) is 12.6 Å². The number of rotatable bonds is 3. The summed E-state index contributed by atoms with van der Waals surface area (Å²) in [7, 11) is 0. The Labute approximate surface area is 84.5 Å². The second-order valence-corrected chi connectivity index (χ2v) is 3.25. The Hall–Kier alpha value is -1.51. The molecule has 0 radical (unpaired) electrons. The number of benzene rings is 1. The van der Waals surface area contributed by atoms with Gasteiger partial charge in [0.05, 0.1) is 0 Å². The van der Waals surface area contributed by atoms with Gasteiger partial charge in [0.2, 0.25) is 0 Å². The van der Waals surface area contributed by atoms with E-state index in [4.69, 9.17) is 0 Å². The van der Waals surface area contributed by atoms with Gasteiger partial charge in [-0.2, -0.15) is 0 Å². The van der Waals surface area contributed by atoms with Crippen molar-refractivity contribution in [2.45, 2.75) is 20.3 Å². The van der Waals surface area contributed by atoms with Crippen molar-refractivity contribution >= 4 is 11.7 Å². The molecule has 2 amide bonds. The molecule has 0 saturated carbocycles. The van der Waals surface area contributed by atoms with Crippen LogP contribution in [0, 0.1) is 6.92 Å². The van der Waals surface area contributed by atoms with Gasteiger partial charge in [0.15, 0.2) is 0 Å². The molecule has 0 heterocycles. The minimum absolute atomic E-state index is 0.143. The Morgan fingerprint density at radius 1 is 1.29 bits per heavy atom. The number of hydrogen-bond acceptors (Lipinski definition) is 1. The topological polar surface area (TPSA) is 41.1 Å². The highest BCUT2D eigenvalue weighted by Crippen LogP contribution is 2.07. The van der Waals surface area contributed by atoms with E-state index >= 15 is 0 Å². The molecule has 76 valence electrons. The fourth-order valence-corrected chi connectivity index (χ4v) is 1.05. The van der Waals surface area contributed by atoms with Crippen LogP contribution in [0.3, 0.4) is 0 Å². The molecule has 3 heteroatoms. The number of nitrogens with one attached hydrogen (secondary N) is 2. The number of amides is 2. The third kappa shape index (κ3) is 3.47. The maximum atomic E-state index is 11.2. The van der Waals surface area contributed by atoms with Gasteiger partial charge >= 0.3 is 6.03 Å². The van der Waals surface area contributed by atoms with Crippen molar-refractivity contribution in [1.82, 2.24) is 5.32 Å². The molecule has 2 N–H and O–H groups in total. The first-order valence-electron chi connectivity index (χ1n) is 4.84. The summed E-state index contributed by atoms with van der Waals surface area (Å²) in [5, 5.41) is 5.50. The van der Waals surface area contributed by atoms with Gasteiger partial charge in [-0.1, -0.05) is 24.6 Å². The second-order valence-electron chi connectivity index (χ2n) is 3.25. The van der Waals surface area contributed by atoms with Crippen molar-refractivity contribution in [3.63, 3.8) is 0 Å². The van der Waals surface area contributed by atoms with Crippen LogP contribution in [0.1, 0.15) is 18.9 Å². The maximum Gasteiger partial charge on any atom is 0.319 e. The fraction of sp³-hybridized carbons (Fsp3) is 0.364. The third-order valence-corrected chi connectivity index (χ3v) is 1.84. The highest BCUT2D eigenvalue weighted by atomic mass is 16.2. The summed E-state index contributed by atoms with van der Waals surface area (Å²) in [6, 6.07) is 7.57. The molecule has 1 aromatic carbocycles.